The molecule has 3 saturated heterocycles. The first-order valence-corrected chi connectivity index (χ1v) is 6.47. The SMILES string of the molecule is CC1(C)O[C@H]2O[C@H]([C@H]3CSC(=O)O3)[C@H](O)[C@H]2O1. The summed E-state index contributed by atoms with van der Waals surface area (Å²) in [5.74, 6) is -0.258. The molecule has 6 nitrogen and oxygen atoms in total. The molecule has 3 aliphatic rings. The van der Waals surface area contributed by atoms with Gasteiger partial charge in [0.15, 0.2) is 12.1 Å². The summed E-state index contributed by atoms with van der Waals surface area (Å²) in [4.78, 5) is 11.0. The zero-order valence-corrected chi connectivity index (χ0v) is 10.3. The van der Waals surface area contributed by atoms with Crippen molar-refractivity contribution < 1.29 is 28.8 Å². The van der Waals surface area contributed by atoms with Crippen LogP contribution in [0.15, 0.2) is 0 Å². The molecule has 96 valence electrons. The van der Waals surface area contributed by atoms with Gasteiger partial charge in [-0.1, -0.05) is 0 Å². The van der Waals surface area contributed by atoms with Gasteiger partial charge in [0.25, 0.3) is 0 Å². The second-order valence-corrected chi connectivity index (χ2v) is 5.73. The summed E-state index contributed by atoms with van der Waals surface area (Å²) in [7, 11) is 0. The number of hydrogen-bond donors (Lipinski definition) is 1. The van der Waals surface area contributed by atoms with Crippen LogP contribution in [-0.2, 0) is 18.9 Å². The Labute approximate surface area is 103 Å². The van der Waals surface area contributed by atoms with E-state index in [1.807, 2.05) is 0 Å². The topological polar surface area (TPSA) is 74.2 Å². The zero-order chi connectivity index (χ0) is 12.2. The van der Waals surface area contributed by atoms with Crippen LogP contribution in [0.25, 0.3) is 0 Å². The van der Waals surface area contributed by atoms with Crippen molar-refractivity contribution in [3.8, 4) is 0 Å². The molecule has 0 radical (unpaired) electrons. The van der Waals surface area contributed by atoms with Gasteiger partial charge in [0.2, 0.25) is 0 Å². The van der Waals surface area contributed by atoms with Crippen molar-refractivity contribution in [3.05, 3.63) is 0 Å². The average molecular weight is 262 g/mol. The van der Waals surface area contributed by atoms with Crippen LogP contribution in [-0.4, -0.2) is 52.7 Å². The summed E-state index contributed by atoms with van der Waals surface area (Å²) in [5.41, 5.74) is 0. The number of cyclic esters (lactones) is 1. The van der Waals surface area contributed by atoms with E-state index in [9.17, 15) is 9.90 Å². The monoisotopic (exact) mass is 262 g/mol. The van der Waals surface area contributed by atoms with Crippen molar-refractivity contribution in [2.45, 2.75) is 50.3 Å². The first kappa shape index (κ1) is 11.7. The predicted molar refractivity (Wildman–Crippen MR) is 57.4 cm³/mol. The van der Waals surface area contributed by atoms with Gasteiger partial charge in [0.1, 0.15) is 24.4 Å². The van der Waals surface area contributed by atoms with Crippen LogP contribution in [0.2, 0.25) is 0 Å². The van der Waals surface area contributed by atoms with Crippen molar-refractivity contribution >= 4 is 17.1 Å². The van der Waals surface area contributed by atoms with Crippen LogP contribution in [0.4, 0.5) is 4.79 Å². The van der Waals surface area contributed by atoms with Gasteiger partial charge < -0.3 is 24.1 Å². The minimum Gasteiger partial charge on any atom is -0.450 e. The van der Waals surface area contributed by atoms with Crippen molar-refractivity contribution in [3.63, 3.8) is 0 Å². The standard InChI is InChI=1S/C10H14O6S/c1-10(2)15-7-5(11)6(14-8(7)16-10)4-3-17-9(12)13-4/h4-8,11H,3H2,1-2H3/t4-,5+,6-,7-,8-/m1/s1. The second-order valence-electron chi connectivity index (χ2n) is 4.78. The molecule has 3 rings (SSSR count). The maximum absolute atomic E-state index is 11.0. The molecule has 3 aliphatic heterocycles. The van der Waals surface area contributed by atoms with Crippen LogP contribution in [0.5, 0.6) is 0 Å². The summed E-state index contributed by atoms with van der Waals surface area (Å²) in [6, 6.07) is 0. The Kier molecular flexibility index (Phi) is 2.64. The fourth-order valence-corrected chi connectivity index (χ4v) is 3.08. The van der Waals surface area contributed by atoms with Crippen LogP contribution in [0, 0.1) is 0 Å². The molecule has 0 aromatic rings. The lowest BCUT2D eigenvalue weighted by Gasteiger charge is -2.25. The molecule has 0 aromatic heterocycles. The summed E-state index contributed by atoms with van der Waals surface area (Å²) in [6.07, 6.45) is -2.93. The van der Waals surface area contributed by atoms with Crippen LogP contribution in [0.1, 0.15) is 13.8 Å². The predicted octanol–water partition coefficient (Wildman–Crippen LogP) is 0.476. The van der Waals surface area contributed by atoms with E-state index in [4.69, 9.17) is 18.9 Å². The number of carbonyl (C=O) groups excluding carboxylic acids is 1. The first-order valence-electron chi connectivity index (χ1n) is 5.49. The van der Waals surface area contributed by atoms with E-state index in [0.29, 0.717) is 5.75 Å². The Morgan fingerprint density at radius 1 is 1.35 bits per heavy atom. The average Bonchev–Trinajstić information content (AvgIpc) is 2.83. The molecule has 3 fully saturated rings. The van der Waals surface area contributed by atoms with E-state index in [0.717, 1.165) is 11.8 Å². The van der Waals surface area contributed by atoms with Crippen molar-refractivity contribution in [2.24, 2.45) is 0 Å². The van der Waals surface area contributed by atoms with Gasteiger partial charge in [-0.2, -0.15) is 0 Å². The number of carbonyl (C=O) groups is 1. The molecule has 0 aromatic carbocycles. The highest BCUT2D eigenvalue weighted by molar-refractivity contribution is 8.13. The molecule has 7 heteroatoms. The highest BCUT2D eigenvalue weighted by Crippen LogP contribution is 2.40. The van der Waals surface area contributed by atoms with Gasteiger partial charge in [0, 0.05) is 5.75 Å². The highest BCUT2D eigenvalue weighted by Gasteiger charge is 2.57. The molecule has 3 heterocycles. The first-order chi connectivity index (χ1) is 7.96. The van der Waals surface area contributed by atoms with Crippen LogP contribution >= 0.6 is 11.8 Å². The minimum absolute atomic E-state index is 0.329. The van der Waals surface area contributed by atoms with E-state index < -0.39 is 36.5 Å². The van der Waals surface area contributed by atoms with Crippen LogP contribution in [0.3, 0.4) is 0 Å². The fourth-order valence-electron chi connectivity index (χ4n) is 2.33. The molecule has 5 atom stereocenters. The second kappa shape index (κ2) is 3.83. The molecule has 0 unspecified atom stereocenters. The molecule has 0 amide bonds. The van der Waals surface area contributed by atoms with E-state index in [2.05, 4.69) is 0 Å². The van der Waals surface area contributed by atoms with E-state index in [-0.39, 0.29) is 5.30 Å². The van der Waals surface area contributed by atoms with Gasteiger partial charge in [-0.25, -0.2) is 4.79 Å². The third-order valence-electron chi connectivity index (χ3n) is 3.03. The summed E-state index contributed by atoms with van der Waals surface area (Å²) < 4.78 is 21.7. The van der Waals surface area contributed by atoms with Crippen molar-refractivity contribution in [2.75, 3.05) is 5.75 Å². The Hall–Kier alpha value is -0.340. The molecule has 0 bridgehead atoms. The number of thioether (sulfide) groups is 1. The Morgan fingerprint density at radius 2 is 2.12 bits per heavy atom. The Bertz CT molecular complexity index is 346. The zero-order valence-electron chi connectivity index (χ0n) is 9.49. The van der Waals surface area contributed by atoms with Gasteiger partial charge in [-0.15, -0.1) is 0 Å². The maximum Gasteiger partial charge on any atom is 0.367 e. The number of ether oxygens (including phenoxy) is 4. The lowest BCUT2D eigenvalue weighted by Crippen LogP contribution is -2.41. The van der Waals surface area contributed by atoms with Gasteiger partial charge in [-0.05, 0) is 25.6 Å². The van der Waals surface area contributed by atoms with Gasteiger partial charge in [0.05, 0.1) is 0 Å². The third kappa shape index (κ3) is 1.96. The third-order valence-corrected chi connectivity index (χ3v) is 3.86. The van der Waals surface area contributed by atoms with E-state index in [1.165, 1.54) is 0 Å². The maximum atomic E-state index is 11.0. The highest BCUT2D eigenvalue weighted by atomic mass is 32.2. The summed E-state index contributed by atoms with van der Waals surface area (Å²) >= 11 is 1.09. The van der Waals surface area contributed by atoms with E-state index in [1.54, 1.807) is 13.8 Å². The molecular weight excluding hydrogens is 248 g/mol. The number of rotatable bonds is 1. The molecule has 17 heavy (non-hydrogen) atoms. The van der Waals surface area contributed by atoms with Crippen LogP contribution < -0.4 is 0 Å². The van der Waals surface area contributed by atoms with Gasteiger partial charge >= 0.3 is 5.30 Å². The Balaban J connectivity index is 1.70. The normalized spacial score (nSPS) is 48.2. The lowest BCUT2D eigenvalue weighted by molar-refractivity contribution is -0.223. The molecule has 0 aliphatic carbocycles. The lowest BCUT2D eigenvalue weighted by atomic mass is 10.1. The number of aliphatic hydroxyl groups excluding tert-OH is 1. The molecular formula is C10H14O6S. The fraction of sp³-hybridized carbons (Fsp3) is 0.900. The molecule has 0 spiro atoms. The molecule has 0 saturated carbocycles. The summed E-state index contributed by atoms with van der Waals surface area (Å²) in [6.45, 7) is 3.53. The molecule has 1 N–H and O–H groups in total. The van der Waals surface area contributed by atoms with Crippen molar-refractivity contribution in [1.82, 2.24) is 0 Å². The van der Waals surface area contributed by atoms with E-state index >= 15 is 0 Å². The largest absolute Gasteiger partial charge is 0.450 e. The number of aliphatic hydroxyl groups is 1. The minimum atomic E-state index is -0.835. The number of fused-ring (bicyclic) bond motifs is 1. The quantitative estimate of drug-likeness (QED) is 0.689. The Morgan fingerprint density at radius 3 is 2.71 bits per heavy atom. The summed E-state index contributed by atoms with van der Waals surface area (Å²) in [5, 5.41) is 9.78. The number of hydrogen-bond acceptors (Lipinski definition) is 7. The van der Waals surface area contributed by atoms with Gasteiger partial charge in [-0.3, -0.25) is 0 Å². The van der Waals surface area contributed by atoms with Crippen molar-refractivity contribution in [1.29, 1.82) is 0 Å². The smallest absolute Gasteiger partial charge is 0.367 e.